The molecule has 2 aromatic heterocycles. The molecule has 3 saturated heterocycles. The fraction of sp³-hybridized carbons (Fsp3) is 0.394. The molecule has 2 atom stereocenters. The molecule has 4 aromatic rings. The number of fused-ring (bicyclic) bond motifs is 2. The molecule has 2 unspecified atom stereocenters. The number of thiazole rings is 1. The number of likely N-dealkylation sites (tertiary alicyclic amines) is 1. The summed E-state index contributed by atoms with van der Waals surface area (Å²) in [5, 5.41) is 32.3. The van der Waals surface area contributed by atoms with Gasteiger partial charge in [0.1, 0.15) is 28.0 Å². The van der Waals surface area contributed by atoms with Crippen LogP contribution in [0.4, 0.5) is 25.3 Å². The zero-order valence-electron chi connectivity index (χ0n) is 25.0. The molecule has 236 valence electrons. The molecule has 5 heterocycles. The number of amides is 1. The lowest BCUT2D eigenvalue weighted by Gasteiger charge is -2.61. The Morgan fingerprint density at radius 2 is 1.93 bits per heavy atom. The molecule has 46 heavy (non-hydrogen) atoms. The molecular formula is C33H30F2N6O4S. The van der Waals surface area contributed by atoms with Gasteiger partial charge in [0.15, 0.2) is 16.5 Å². The monoisotopic (exact) mass is 644 g/mol. The van der Waals surface area contributed by atoms with E-state index < -0.39 is 17.5 Å². The van der Waals surface area contributed by atoms with Gasteiger partial charge in [0.2, 0.25) is 0 Å². The van der Waals surface area contributed by atoms with Crippen LogP contribution in [0, 0.1) is 28.4 Å². The number of carbonyl (C=O) groups is 1. The van der Waals surface area contributed by atoms with Crippen molar-refractivity contribution in [1.29, 1.82) is 5.26 Å². The van der Waals surface area contributed by atoms with Gasteiger partial charge in [0.05, 0.1) is 30.7 Å². The third-order valence-corrected chi connectivity index (χ3v) is 10.8. The Hall–Kier alpha value is -4.22. The highest BCUT2D eigenvalue weighted by atomic mass is 32.1. The van der Waals surface area contributed by atoms with E-state index in [1.165, 1.54) is 29.5 Å². The number of aromatic nitrogens is 2. The molecule has 3 fully saturated rings. The fourth-order valence-electron chi connectivity index (χ4n) is 7.35. The largest absolute Gasteiger partial charge is 0.387 e. The van der Waals surface area contributed by atoms with Crippen molar-refractivity contribution in [1.82, 2.24) is 14.9 Å². The average Bonchev–Trinajstić information content (AvgIpc) is 3.74. The van der Waals surface area contributed by atoms with Gasteiger partial charge in [-0.1, -0.05) is 11.3 Å². The number of pyridine rings is 1. The van der Waals surface area contributed by atoms with Crippen molar-refractivity contribution < 1.29 is 28.5 Å². The van der Waals surface area contributed by atoms with Gasteiger partial charge >= 0.3 is 0 Å². The molecule has 1 amide bonds. The minimum atomic E-state index is -1.44. The standard InChI is InChI=1S/C33H30F2N6O4S/c1-39(31-38-26(25(12-36)46-31)18-2-4-19(34)5-3-18)29-21-6-7-24(42)28(21)37-27-22(29)10-20(11-23(27)35)40-13-32(14-40)15-41(16-32)30(43)33(44)8-9-45-17-33/h2-5,10-11,24,42,44H,6-9,13-17H2,1H3. The van der Waals surface area contributed by atoms with Gasteiger partial charge in [-0.15, -0.1) is 0 Å². The molecule has 10 nitrogen and oxygen atoms in total. The van der Waals surface area contributed by atoms with Crippen molar-refractivity contribution in [2.24, 2.45) is 5.41 Å². The second kappa shape index (κ2) is 10.4. The number of hydrogen-bond acceptors (Lipinski definition) is 10. The number of carbonyl (C=O) groups excluding carboxylic acids is 1. The number of hydrogen-bond donors (Lipinski definition) is 2. The molecule has 1 spiro atoms. The summed E-state index contributed by atoms with van der Waals surface area (Å²) in [5.74, 6) is -1.19. The average molecular weight is 645 g/mol. The van der Waals surface area contributed by atoms with E-state index in [1.807, 2.05) is 11.0 Å². The molecule has 4 aliphatic rings. The molecule has 1 aliphatic carbocycles. The minimum Gasteiger partial charge on any atom is -0.387 e. The zero-order valence-corrected chi connectivity index (χ0v) is 25.8. The number of aliphatic hydroxyl groups excluding tert-OH is 1. The number of aliphatic hydroxyl groups is 2. The Balaban J connectivity index is 1.12. The quantitative estimate of drug-likeness (QED) is 0.331. The lowest BCUT2D eigenvalue weighted by Crippen LogP contribution is -2.74. The number of nitrogens with zero attached hydrogens (tertiary/aromatic N) is 6. The highest BCUT2D eigenvalue weighted by molar-refractivity contribution is 7.16. The van der Waals surface area contributed by atoms with Gasteiger partial charge in [-0.3, -0.25) is 4.79 Å². The van der Waals surface area contributed by atoms with Gasteiger partial charge in [-0.25, -0.2) is 18.7 Å². The molecule has 0 saturated carbocycles. The second-order valence-electron chi connectivity index (χ2n) is 12.9. The maximum Gasteiger partial charge on any atom is 0.257 e. The first-order valence-corrected chi connectivity index (χ1v) is 16.0. The lowest BCUT2D eigenvalue weighted by atomic mass is 9.72. The van der Waals surface area contributed by atoms with Crippen molar-refractivity contribution in [2.75, 3.05) is 56.2 Å². The molecule has 0 bridgehead atoms. The molecule has 2 N–H and O–H groups in total. The third-order valence-electron chi connectivity index (χ3n) is 9.73. The van der Waals surface area contributed by atoms with Crippen LogP contribution in [-0.4, -0.2) is 83.0 Å². The summed E-state index contributed by atoms with van der Waals surface area (Å²) in [7, 11) is 1.81. The summed E-state index contributed by atoms with van der Waals surface area (Å²) in [5.41, 5.74) is 2.23. The predicted molar refractivity (Wildman–Crippen MR) is 167 cm³/mol. The third kappa shape index (κ3) is 4.46. The maximum atomic E-state index is 15.9. The Morgan fingerprint density at radius 1 is 1.17 bits per heavy atom. The van der Waals surface area contributed by atoms with Crippen LogP contribution < -0.4 is 9.80 Å². The number of ether oxygens (including phenoxy) is 1. The molecule has 3 aliphatic heterocycles. The number of nitriles is 1. The summed E-state index contributed by atoms with van der Waals surface area (Å²) < 4.78 is 34.7. The van der Waals surface area contributed by atoms with Crippen molar-refractivity contribution in [2.45, 2.75) is 31.0 Å². The lowest BCUT2D eigenvalue weighted by molar-refractivity contribution is -0.165. The van der Waals surface area contributed by atoms with Gasteiger partial charge < -0.3 is 29.6 Å². The number of rotatable bonds is 5. The van der Waals surface area contributed by atoms with E-state index >= 15 is 4.39 Å². The van der Waals surface area contributed by atoms with Crippen LogP contribution in [0.2, 0.25) is 0 Å². The highest BCUT2D eigenvalue weighted by Crippen LogP contribution is 2.48. The topological polar surface area (TPSA) is 126 Å². The summed E-state index contributed by atoms with van der Waals surface area (Å²) in [6.07, 6.45) is 0.483. The molecular weight excluding hydrogens is 614 g/mol. The summed E-state index contributed by atoms with van der Waals surface area (Å²) >= 11 is 1.18. The summed E-state index contributed by atoms with van der Waals surface area (Å²) in [6.45, 7) is 2.73. The van der Waals surface area contributed by atoms with Crippen LogP contribution in [0.5, 0.6) is 0 Å². The first kappa shape index (κ1) is 29.2. The van der Waals surface area contributed by atoms with Crippen LogP contribution in [-0.2, 0) is 16.0 Å². The zero-order chi connectivity index (χ0) is 32.0. The van der Waals surface area contributed by atoms with Crippen LogP contribution >= 0.6 is 11.3 Å². The van der Waals surface area contributed by atoms with Gasteiger partial charge in [0.25, 0.3) is 5.91 Å². The van der Waals surface area contributed by atoms with Crippen molar-refractivity contribution in [3.8, 4) is 17.3 Å². The van der Waals surface area contributed by atoms with Crippen LogP contribution in [0.3, 0.4) is 0 Å². The normalized spacial score (nSPS) is 22.9. The van der Waals surface area contributed by atoms with Crippen molar-refractivity contribution in [3.05, 3.63) is 64.2 Å². The summed E-state index contributed by atoms with van der Waals surface area (Å²) in [4.78, 5) is 28.2. The first-order valence-electron chi connectivity index (χ1n) is 15.2. The molecule has 8 rings (SSSR count). The Labute approximate surface area is 267 Å². The highest BCUT2D eigenvalue weighted by Gasteiger charge is 2.56. The van der Waals surface area contributed by atoms with Gasteiger partial charge in [-0.2, -0.15) is 5.26 Å². The van der Waals surface area contributed by atoms with Crippen LogP contribution in [0.1, 0.15) is 35.1 Å². The Morgan fingerprint density at radius 3 is 2.63 bits per heavy atom. The Kier molecular flexibility index (Phi) is 6.60. The predicted octanol–water partition coefficient (Wildman–Crippen LogP) is 4.06. The van der Waals surface area contributed by atoms with E-state index in [0.717, 1.165) is 5.56 Å². The number of benzene rings is 2. The van der Waals surface area contributed by atoms with Gasteiger partial charge in [-0.05, 0) is 49.2 Å². The van der Waals surface area contributed by atoms with Crippen LogP contribution in [0.25, 0.3) is 22.2 Å². The first-order chi connectivity index (χ1) is 22.1. The van der Waals surface area contributed by atoms with E-state index in [9.17, 15) is 24.7 Å². The van der Waals surface area contributed by atoms with E-state index in [0.29, 0.717) is 95.8 Å². The SMILES string of the molecule is CN(c1nc(-c2ccc(F)cc2)c(C#N)s1)c1c2c(nc3c(F)cc(N4CC5(CN(C(=O)C6(O)CCOC6)C5)C4)cc13)C(O)CC2. The van der Waals surface area contributed by atoms with E-state index in [-0.39, 0.29) is 29.3 Å². The Bertz CT molecular complexity index is 1940. The maximum absolute atomic E-state index is 15.9. The van der Waals surface area contributed by atoms with Crippen LogP contribution in [0.15, 0.2) is 36.4 Å². The molecule has 13 heteroatoms. The minimum absolute atomic E-state index is 0.0235. The fourth-order valence-corrected chi connectivity index (χ4v) is 8.21. The van der Waals surface area contributed by atoms with E-state index in [1.54, 1.807) is 24.1 Å². The molecule has 0 radical (unpaired) electrons. The van der Waals surface area contributed by atoms with Crippen molar-refractivity contribution >= 4 is 44.7 Å². The number of halogens is 2. The van der Waals surface area contributed by atoms with Crippen molar-refractivity contribution in [3.63, 3.8) is 0 Å². The summed E-state index contributed by atoms with van der Waals surface area (Å²) in [6, 6.07) is 11.4. The smallest absolute Gasteiger partial charge is 0.257 e. The van der Waals surface area contributed by atoms with E-state index in [4.69, 9.17) is 9.72 Å². The molecule has 2 aromatic carbocycles. The number of anilines is 3. The van der Waals surface area contributed by atoms with E-state index in [2.05, 4.69) is 16.0 Å². The second-order valence-corrected chi connectivity index (χ2v) is 13.9. The van der Waals surface area contributed by atoms with Gasteiger partial charge in [0, 0.05) is 67.3 Å².